The second kappa shape index (κ2) is 18.1. The van der Waals surface area contributed by atoms with E-state index in [-0.39, 0.29) is 29.1 Å². The summed E-state index contributed by atoms with van der Waals surface area (Å²) in [4.78, 5) is 26.4. The number of carbonyl (C=O) groups excluding carboxylic acids is 2. The van der Waals surface area contributed by atoms with Gasteiger partial charge in [0, 0.05) is 67.1 Å². The average Bonchev–Trinajstić information content (AvgIpc) is 3.76. The zero-order valence-corrected chi connectivity index (χ0v) is 39.6. The number of hydrogen-bond acceptors (Lipinski definition) is 9. The minimum absolute atomic E-state index is 0.00309. The third-order valence-corrected chi connectivity index (χ3v) is 17.0. The van der Waals surface area contributed by atoms with Gasteiger partial charge < -0.3 is 45.7 Å². The standard InChI is InChI=1S/C53H68N4O7S/c1-31(2)7-6-8-32(3)40-17-18-41-38-13-9-33-27-37(19-21-51(33,4)42(38)20-22-52(40,41)5)62-50(61)56-26-24-54-23-25-55-49(65)57-34-10-14-43-39(28-34)48(60)64-53(43)44-15-11-35(58)29-46(44)63-47-30-36(59)12-16-45(47)53/h9-12,14-16,28-32,37-38,40-42,54,58-59H,6-8,13,17-27H2,1-5H3,(H,56,61)(H2,55,57,65)/t32-,37+,38+,40-,41+,42+,51+,52-/m1/s1. The van der Waals surface area contributed by atoms with Crippen molar-refractivity contribution < 1.29 is 34.0 Å². The molecule has 11 nitrogen and oxygen atoms in total. The van der Waals surface area contributed by atoms with E-state index in [9.17, 15) is 19.8 Å². The van der Waals surface area contributed by atoms with E-state index in [1.54, 1.807) is 18.2 Å². The third kappa shape index (κ3) is 8.47. The summed E-state index contributed by atoms with van der Waals surface area (Å²) >= 11 is 5.57. The van der Waals surface area contributed by atoms with Crippen LogP contribution in [0.25, 0.3) is 0 Å². The fraction of sp³-hybridized carbons (Fsp3) is 0.566. The number of rotatable bonds is 13. The largest absolute Gasteiger partial charge is 0.508 e. The van der Waals surface area contributed by atoms with E-state index >= 15 is 0 Å². The summed E-state index contributed by atoms with van der Waals surface area (Å²) in [5, 5.41) is 33.4. The summed E-state index contributed by atoms with van der Waals surface area (Å²) in [6.07, 6.45) is 15.9. The van der Waals surface area contributed by atoms with Crippen molar-refractivity contribution >= 4 is 35.1 Å². The molecule has 3 aromatic carbocycles. The summed E-state index contributed by atoms with van der Waals surface area (Å²) < 4.78 is 18.2. The van der Waals surface area contributed by atoms with Gasteiger partial charge in [-0.25, -0.2) is 9.59 Å². The molecule has 2 heterocycles. The number of thiocarbonyl (C=S) groups is 1. The minimum atomic E-state index is -1.33. The zero-order valence-electron chi connectivity index (χ0n) is 38.8. The number of alkyl carbamates (subject to hydrolysis) is 1. The predicted octanol–water partition coefficient (Wildman–Crippen LogP) is 10.7. The molecule has 0 unspecified atom stereocenters. The van der Waals surface area contributed by atoms with E-state index in [0.717, 1.165) is 54.8 Å². The number of carbonyl (C=O) groups is 2. The number of allylic oxidation sites excluding steroid dienone is 1. The Morgan fingerprint density at radius 3 is 2.28 bits per heavy atom. The maximum absolute atomic E-state index is 13.5. The van der Waals surface area contributed by atoms with Crippen LogP contribution in [0.1, 0.15) is 132 Å². The highest BCUT2D eigenvalue weighted by atomic mass is 32.1. The average molecular weight is 905 g/mol. The monoisotopic (exact) mass is 904 g/mol. The summed E-state index contributed by atoms with van der Waals surface area (Å²) in [6, 6.07) is 14.7. The molecule has 348 valence electrons. The van der Waals surface area contributed by atoms with Crippen molar-refractivity contribution in [2.24, 2.45) is 46.3 Å². The van der Waals surface area contributed by atoms with E-state index in [1.165, 1.54) is 81.2 Å². The molecule has 9 rings (SSSR count). The molecule has 3 fully saturated rings. The molecule has 6 aliphatic rings. The molecule has 3 saturated carbocycles. The van der Waals surface area contributed by atoms with Gasteiger partial charge >= 0.3 is 12.1 Å². The quantitative estimate of drug-likeness (QED) is 0.0421. The normalized spacial score (nSPS) is 28.2. The number of hydrogen-bond donors (Lipinski definition) is 6. The first-order valence-corrected chi connectivity index (χ1v) is 24.7. The van der Waals surface area contributed by atoms with Crippen molar-refractivity contribution in [3.63, 3.8) is 0 Å². The summed E-state index contributed by atoms with van der Waals surface area (Å²) in [5.41, 5.74) is 3.62. The second-order valence-corrected chi connectivity index (χ2v) is 21.3. The van der Waals surface area contributed by atoms with E-state index in [1.807, 2.05) is 12.1 Å². The first kappa shape index (κ1) is 45.4. The molecule has 65 heavy (non-hydrogen) atoms. The van der Waals surface area contributed by atoms with Crippen LogP contribution in [0.5, 0.6) is 23.0 Å². The molecule has 1 amide bonds. The number of phenols is 2. The molecule has 6 N–H and O–H groups in total. The molecule has 4 aliphatic carbocycles. The van der Waals surface area contributed by atoms with E-state index in [2.05, 4.69) is 62.0 Å². The maximum Gasteiger partial charge on any atom is 0.407 e. The Labute approximate surface area is 389 Å². The SMILES string of the molecule is CC(C)CCC[C@@H](C)[C@H]1CC[C@H]2[C@@H]3CC=C4C[C@@H](OC(=O)NCCNCCNC(=S)Nc5ccc6c(c5)C(=O)OC65c6ccc(O)cc6Oc6cc(O)ccc65)CC[C@]4(C)[C@H]3CC[C@]12C. The summed E-state index contributed by atoms with van der Waals surface area (Å²) in [7, 11) is 0. The highest BCUT2D eigenvalue weighted by Crippen LogP contribution is 2.67. The second-order valence-electron chi connectivity index (χ2n) is 20.9. The van der Waals surface area contributed by atoms with Crippen LogP contribution < -0.4 is 26.0 Å². The number of anilines is 1. The molecule has 12 heteroatoms. The van der Waals surface area contributed by atoms with Gasteiger partial charge in [-0.15, -0.1) is 0 Å². The number of aromatic hydroxyl groups is 2. The summed E-state index contributed by atoms with van der Waals surface area (Å²) in [5.74, 6) is 4.99. The van der Waals surface area contributed by atoms with Gasteiger partial charge in [-0.3, -0.25) is 0 Å². The molecule has 0 aromatic heterocycles. The van der Waals surface area contributed by atoms with Crippen LogP contribution in [0.2, 0.25) is 0 Å². The third-order valence-electron chi connectivity index (χ3n) is 16.7. The van der Waals surface area contributed by atoms with Gasteiger partial charge in [-0.2, -0.15) is 0 Å². The van der Waals surface area contributed by atoms with Crippen LogP contribution >= 0.6 is 12.2 Å². The molecule has 0 radical (unpaired) electrons. The van der Waals surface area contributed by atoms with Crippen LogP contribution in [-0.2, 0) is 15.1 Å². The minimum Gasteiger partial charge on any atom is -0.508 e. The highest BCUT2D eigenvalue weighted by Gasteiger charge is 2.59. The smallest absolute Gasteiger partial charge is 0.407 e. The van der Waals surface area contributed by atoms with Gasteiger partial charge in [-0.1, -0.05) is 71.6 Å². The lowest BCUT2D eigenvalue weighted by Gasteiger charge is -2.58. The Kier molecular flexibility index (Phi) is 12.6. The van der Waals surface area contributed by atoms with Gasteiger partial charge in [0.1, 0.15) is 29.1 Å². The van der Waals surface area contributed by atoms with E-state index in [0.29, 0.717) is 76.1 Å². The topological polar surface area (TPSA) is 150 Å². The van der Waals surface area contributed by atoms with Crippen molar-refractivity contribution in [3.8, 4) is 23.0 Å². The molecule has 8 atom stereocenters. The number of amides is 1. The summed E-state index contributed by atoms with van der Waals surface area (Å²) in [6.45, 7) is 14.6. The van der Waals surface area contributed by atoms with Crippen LogP contribution in [0.3, 0.4) is 0 Å². The van der Waals surface area contributed by atoms with Crippen LogP contribution in [0.15, 0.2) is 66.2 Å². The predicted molar refractivity (Wildman–Crippen MR) is 256 cm³/mol. The first-order valence-electron chi connectivity index (χ1n) is 24.3. The van der Waals surface area contributed by atoms with Crippen LogP contribution in [0.4, 0.5) is 10.5 Å². The zero-order chi connectivity index (χ0) is 45.7. The van der Waals surface area contributed by atoms with Gasteiger partial charge in [0.05, 0.1) is 5.56 Å². The van der Waals surface area contributed by atoms with Gasteiger partial charge in [0.25, 0.3) is 0 Å². The Balaban J connectivity index is 0.702. The van der Waals surface area contributed by atoms with Crippen LogP contribution in [0, 0.1) is 46.3 Å². The molecule has 2 aliphatic heterocycles. The fourth-order valence-electron chi connectivity index (χ4n) is 13.5. The molecule has 3 aromatic rings. The number of phenolic OH excluding ortho intramolecular Hbond substituents is 2. The molecular formula is C53H68N4O7S. The Bertz CT molecular complexity index is 2300. The lowest BCUT2D eigenvalue weighted by molar-refractivity contribution is -0.0581. The lowest BCUT2D eigenvalue weighted by atomic mass is 9.47. The molecule has 0 saturated heterocycles. The Morgan fingerprint density at radius 1 is 0.846 bits per heavy atom. The number of benzene rings is 3. The van der Waals surface area contributed by atoms with Crippen molar-refractivity contribution in [1.29, 1.82) is 0 Å². The number of nitrogens with one attached hydrogen (secondary N) is 4. The molecular weight excluding hydrogens is 837 g/mol. The van der Waals surface area contributed by atoms with Gasteiger partial charge in [0.2, 0.25) is 0 Å². The van der Waals surface area contributed by atoms with Crippen molar-refractivity contribution in [2.45, 2.75) is 117 Å². The Hall–Kier alpha value is -4.81. The lowest BCUT2D eigenvalue weighted by Crippen LogP contribution is -2.51. The van der Waals surface area contributed by atoms with E-state index in [4.69, 9.17) is 26.4 Å². The van der Waals surface area contributed by atoms with Crippen LogP contribution in [-0.4, -0.2) is 59.7 Å². The Morgan fingerprint density at radius 2 is 1.55 bits per heavy atom. The molecule has 1 spiro atoms. The first-order chi connectivity index (χ1) is 31.2. The fourth-order valence-corrected chi connectivity index (χ4v) is 13.8. The van der Waals surface area contributed by atoms with Gasteiger partial charge in [-0.05, 0) is 140 Å². The van der Waals surface area contributed by atoms with E-state index < -0.39 is 11.6 Å². The van der Waals surface area contributed by atoms with Gasteiger partial charge in [0.15, 0.2) is 10.7 Å². The number of ether oxygens (including phenoxy) is 3. The number of esters is 1. The van der Waals surface area contributed by atoms with Crippen molar-refractivity contribution in [1.82, 2.24) is 16.0 Å². The maximum atomic E-state index is 13.5. The molecule has 0 bridgehead atoms. The van der Waals surface area contributed by atoms with Crippen molar-refractivity contribution in [2.75, 3.05) is 31.5 Å². The number of fused-ring (bicyclic) bond motifs is 11. The highest BCUT2D eigenvalue weighted by molar-refractivity contribution is 7.80. The van der Waals surface area contributed by atoms with Crippen molar-refractivity contribution in [3.05, 3.63) is 88.5 Å².